The Bertz CT molecular complexity index is 1870. The Morgan fingerprint density at radius 1 is 0.650 bits per heavy atom. The number of rotatable bonds is 50. The number of aliphatic hydroxyl groups excluding tert-OH is 5. The SMILES string of the molecule is CCCCCCCCCCCCCCCCCCCCCCCCCC(=O)N[C@@H](COC1OC(CNC(=O)CCC2=N/C(=C\c3c(C)cc(C)n3B(F)F)C=C2)C(O)C(O)C1O)[C@H](O)[C@H](O)CCCCCCCCCCCCCC. The second-order valence-corrected chi connectivity index (χ2v) is 23.6. The van der Waals surface area contributed by atoms with Gasteiger partial charge < -0.3 is 50.1 Å². The molecule has 2 aliphatic heterocycles. The van der Waals surface area contributed by atoms with Crippen LogP contribution in [0.3, 0.4) is 0 Å². The number of ether oxygens (including phenoxy) is 2. The van der Waals surface area contributed by atoms with Gasteiger partial charge in [-0.15, -0.1) is 0 Å². The predicted octanol–water partition coefficient (Wildman–Crippen LogP) is 13.6. The van der Waals surface area contributed by atoms with E-state index in [1.165, 1.54) is 173 Å². The fourth-order valence-corrected chi connectivity index (χ4v) is 11.2. The number of nitrogens with one attached hydrogen (secondary N) is 2. The molecule has 5 unspecified atom stereocenters. The number of unbranched alkanes of at least 4 members (excludes halogenated alkanes) is 33. The molecular formula is C64H113BF2N4O9. The molecule has 1 aromatic rings. The molecule has 0 saturated carbocycles. The molecule has 0 bridgehead atoms. The fourth-order valence-electron chi connectivity index (χ4n) is 11.2. The summed E-state index contributed by atoms with van der Waals surface area (Å²) in [6.45, 7) is 7.28. The minimum atomic E-state index is -2.70. The zero-order valence-corrected chi connectivity index (χ0v) is 50.5. The van der Waals surface area contributed by atoms with E-state index in [1.54, 1.807) is 38.1 Å². The van der Waals surface area contributed by atoms with Crippen LogP contribution < -0.4 is 10.6 Å². The number of halogens is 2. The summed E-state index contributed by atoms with van der Waals surface area (Å²) in [5.41, 5.74) is 2.56. The monoisotopic (exact) mass is 1130 g/mol. The first-order valence-electron chi connectivity index (χ1n) is 32.4. The average molecular weight is 1130 g/mol. The van der Waals surface area contributed by atoms with E-state index in [0.717, 1.165) is 43.0 Å². The summed E-state index contributed by atoms with van der Waals surface area (Å²) in [5, 5.41) is 60.9. The highest BCUT2D eigenvalue weighted by atomic mass is 19.2. The van der Waals surface area contributed by atoms with E-state index >= 15 is 0 Å². The molecule has 16 heteroatoms. The van der Waals surface area contributed by atoms with Gasteiger partial charge in [0.05, 0.1) is 24.4 Å². The second-order valence-electron chi connectivity index (χ2n) is 23.6. The van der Waals surface area contributed by atoms with E-state index in [-0.39, 0.29) is 38.3 Å². The van der Waals surface area contributed by atoms with Gasteiger partial charge in [0.15, 0.2) is 6.29 Å². The Kier molecular flexibility index (Phi) is 39.7. The van der Waals surface area contributed by atoms with Crippen LogP contribution in [0.4, 0.5) is 8.63 Å². The molecule has 0 spiro atoms. The first kappa shape index (κ1) is 71.3. The van der Waals surface area contributed by atoms with Crippen LogP contribution in [0, 0.1) is 13.8 Å². The van der Waals surface area contributed by atoms with Crippen molar-refractivity contribution in [1.82, 2.24) is 15.1 Å². The molecule has 2 amide bonds. The molecule has 2 aliphatic rings. The average Bonchev–Trinajstić information content (AvgIpc) is 4.08. The number of nitrogens with zero attached hydrogens (tertiary/aromatic N) is 2. The van der Waals surface area contributed by atoms with Crippen molar-refractivity contribution in [3.05, 3.63) is 40.9 Å². The molecule has 1 fully saturated rings. The van der Waals surface area contributed by atoms with Crippen LogP contribution in [-0.2, 0) is 19.1 Å². The Hall–Kier alpha value is -2.99. The van der Waals surface area contributed by atoms with Crippen LogP contribution in [0.1, 0.15) is 281 Å². The molecule has 7 N–H and O–H groups in total. The molecule has 1 saturated heterocycles. The van der Waals surface area contributed by atoms with Crippen molar-refractivity contribution in [2.75, 3.05) is 13.2 Å². The van der Waals surface area contributed by atoms with Crippen molar-refractivity contribution in [1.29, 1.82) is 0 Å². The number of hydrogen-bond donors (Lipinski definition) is 7. The van der Waals surface area contributed by atoms with Crippen molar-refractivity contribution in [3.8, 4) is 0 Å². The standard InChI is InChI=1S/C64H113BF2N4O9/c1-5-7-9-11-13-15-17-19-20-21-22-23-24-25-26-27-28-29-31-33-35-37-39-41-59(74)70-54(60(75)56(72)40-38-36-34-32-30-18-16-14-12-10-8-6-2)49-79-64-63(78)62(77)61(76)57(80-64)48-68-58(73)45-44-52-42-43-53(69-52)47-55-50(3)46-51(4)71(55)65(66)67/h42-43,46-47,54,56-57,60-64,72,75-78H,5-41,44-45,48-49H2,1-4H3,(H,68,73)(H,70,74)/b53-47-/t54-,56+,57?,60-,61?,62?,63?,64?/m0/s1. The number of aromatic nitrogens is 1. The lowest BCUT2D eigenvalue weighted by Gasteiger charge is -2.41. The van der Waals surface area contributed by atoms with E-state index in [9.17, 15) is 43.8 Å². The molecule has 3 rings (SSSR count). The van der Waals surface area contributed by atoms with Crippen molar-refractivity contribution >= 4 is 31.0 Å². The molecule has 80 heavy (non-hydrogen) atoms. The molecule has 1 aromatic heterocycles. The highest BCUT2D eigenvalue weighted by molar-refractivity contribution is 6.41. The summed E-state index contributed by atoms with van der Waals surface area (Å²) in [7, 11) is -2.70. The smallest absolute Gasteiger partial charge is 0.390 e. The van der Waals surface area contributed by atoms with Gasteiger partial charge in [-0.2, -0.15) is 0 Å². The lowest BCUT2D eigenvalue weighted by molar-refractivity contribution is -0.297. The molecule has 0 radical (unpaired) electrons. The van der Waals surface area contributed by atoms with Gasteiger partial charge in [-0.1, -0.05) is 232 Å². The van der Waals surface area contributed by atoms with E-state index in [2.05, 4.69) is 29.5 Å². The summed E-state index contributed by atoms with van der Waals surface area (Å²) in [4.78, 5) is 30.8. The number of amides is 2. The summed E-state index contributed by atoms with van der Waals surface area (Å²) in [6.07, 6.45) is 39.2. The zero-order valence-electron chi connectivity index (χ0n) is 50.5. The van der Waals surface area contributed by atoms with Gasteiger partial charge in [0.2, 0.25) is 11.8 Å². The van der Waals surface area contributed by atoms with Crippen molar-refractivity contribution in [2.45, 2.75) is 327 Å². The van der Waals surface area contributed by atoms with Gasteiger partial charge in [-0.05, 0) is 63.0 Å². The van der Waals surface area contributed by atoms with E-state index in [4.69, 9.17) is 9.47 Å². The number of carbonyl (C=O) groups excluding carboxylic acids is 2. The lowest BCUT2D eigenvalue weighted by atomic mass is 9.98. The van der Waals surface area contributed by atoms with Crippen LogP contribution in [-0.4, -0.2) is 117 Å². The zero-order chi connectivity index (χ0) is 58.2. The van der Waals surface area contributed by atoms with E-state index in [0.29, 0.717) is 47.6 Å². The third-order valence-electron chi connectivity index (χ3n) is 16.4. The second kappa shape index (κ2) is 44.5. The molecule has 13 nitrogen and oxygen atoms in total. The quantitative estimate of drug-likeness (QED) is 0.0245. The maximum Gasteiger partial charge on any atom is 0.677 e. The van der Waals surface area contributed by atoms with Crippen LogP contribution in [0.15, 0.2) is 28.9 Å². The van der Waals surface area contributed by atoms with E-state index in [1.807, 2.05) is 0 Å². The topological polar surface area (TPSA) is 195 Å². The highest BCUT2D eigenvalue weighted by Crippen LogP contribution is 2.26. The number of aryl methyl sites for hydroxylation is 2. The van der Waals surface area contributed by atoms with Gasteiger partial charge in [-0.25, -0.2) is 0 Å². The maximum absolute atomic E-state index is 13.7. The Morgan fingerprint density at radius 3 is 1.59 bits per heavy atom. The minimum Gasteiger partial charge on any atom is -0.390 e. The fraction of sp³-hybridized carbons (Fsp3) is 0.828. The molecule has 3 heterocycles. The minimum absolute atomic E-state index is 0.0103. The van der Waals surface area contributed by atoms with Crippen molar-refractivity contribution in [3.63, 3.8) is 0 Å². The molecular weight excluding hydrogens is 1020 g/mol. The number of hydrogen-bond acceptors (Lipinski definition) is 10. The van der Waals surface area contributed by atoms with Gasteiger partial charge in [-0.3, -0.25) is 23.2 Å². The normalized spacial score (nSPS) is 19.9. The Morgan fingerprint density at radius 2 is 1.11 bits per heavy atom. The van der Waals surface area contributed by atoms with Gasteiger partial charge in [0, 0.05) is 36.5 Å². The first-order valence-corrected chi connectivity index (χ1v) is 32.4. The first-order chi connectivity index (χ1) is 38.8. The highest BCUT2D eigenvalue weighted by Gasteiger charge is 2.45. The summed E-state index contributed by atoms with van der Waals surface area (Å²) in [6, 6.07) is 0.621. The van der Waals surface area contributed by atoms with Crippen LogP contribution in [0.5, 0.6) is 0 Å². The lowest BCUT2D eigenvalue weighted by Crippen LogP contribution is -2.61. The number of aliphatic imine (C=N–C) groups is 1. The van der Waals surface area contributed by atoms with Crippen LogP contribution >= 0.6 is 0 Å². The van der Waals surface area contributed by atoms with E-state index < -0.39 is 62.3 Å². The summed E-state index contributed by atoms with van der Waals surface area (Å²) < 4.78 is 40.2. The van der Waals surface area contributed by atoms with Gasteiger partial charge in [0.1, 0.15) is 30.5 Å². The maximum atomic E-state index is 13.7. The number of allylic oxidation sites excluding steroid dienone is 2. The molecule has 0 aliphatic carbocycles. The van der Waals surface area contributed by atoms with Gasteiger partial charge >= 0.3 is 7.40 Å². The Labute approximate surface area is 483 Å². The third-order valence-corrected chi connectivity index (χ3v) is 16.4. The number of aliphatic hydroxyl groups is 5. The molecule has 460 valence electrons. The van der Waals surface area contributed by atoms with Crippen molar-refractivity contribution in [2.24, 2.45) is 4.99 Å². The van der Waals surface area contributed by atoms with Gasteiger partial charge in [0.25, 0.3) is 0 Å². The number of carbonyl (C=O) groups is 2. The third kappa shape index (κ3) is 30.5. The van der Waals surface area contributed by atoms with Crippen molar-refractivity contribution < 1.29 is 53.2 Å². The Balaban J connectivity index is 1.40. The summed E-state index contributed by atoms with van der Waals surface area (Å²) in [5.74, 6) is -0.697. The summed E-state index contributed by atoms with van der Waals surface area (Å²) >= 11 is 0. The van der Waals surface area contributed by atoms with Crippen LogP contribution in [0.2, 0.25) is 0 Å². The molecule has 8 atom stereocenters. The molecule has 0 aromatic carbocycles. The van der Waals surface area contributed by atoms with Crippen LogP contribution in [0.25, 0.3) is 6.08 Å². The predicted molar refractivity (Wildman–Crippen MR) is 323 cm³/mol. The largest absolute Gasteiger partial charge is 0.677 e.